The predicted molar refractivity (Wildman–Crippen MR) is 50.2 cm³/mol. The Morgan fingerprint density at radius 3 is 2.62 bits per heavy atom. The molecule has 3 heteroatoms. The van der Waals surface area contributed by atoms with E-state index in [-0.39, 0.29) is 11.9 Å². The van der Waals surface area contributed by atoms with Crippen LogP contribution in [-0.4, -0.2) is 25.0 Å². The van der Waals surface area contributed by atoms with Gasteiger partial charge in [0.25, 0.3) is 0 Å². The third-order valence-corrected chi connectivity index (χ3v) is 3.31. The van der Waals surface area contributed by atoms with Crippen LogP contribution in [0.25, 0.3) is 0 Å². The van der Waals surface area contributed by atoms with Gasteiger partial charge in [0.2, 0.25) is 0 Å². The second kappa shape index (κ2) is 3.23. The lowest BCUT2D eigenvalue weighted by molar-refractivity contribution is -0.186. The van der Waals surface area contributed by atoms with Gasteiger partial charge in [-0.05, 0) is 18.8 Å². The molecule has 13 heavy (non-hydrogen) atoms. The van der Waals surface area contributed by atoms with Gasteiger partial charge >= 0.3 is 0 Å². The fourth-order valence-corrected chi connectivity index (χ4v) is 2.28. The van der Waals surface area contributed by atoms with Crippen molar-refractivity contribution in [2.24, 2.45) is 17.6 Å². The van der Waals surface area contributed by atoms with Crippen molar-refractivity contribution in [1.29, 1.82) is 0 Å². The minimum atomic E-state index is -0.288. The normalized spacial score (nSPS) is 49.6. The van der Waals surface area contributed by atoms with Crippen molar-refractivity contribution in [2.75, 3.05) is 13.2 Å². The Labute approximate surface area is 79.6 Å². The molecular formula is C10H19NO2. The first kappa shape index (κ1) is 9.44. The Hall–Kier alpha value is -0.120. The van der Waals surface area contributed by atoms with Crippen LogP contribution in [0.3, 0.4) is 0 Å². The first-order valence-electron chi connectivity index (χ1n) is 5.23. The number of hydrogen-bond donors (Lipinski definition) is 1. The van der Waals surface area contributed by atoms with Crippen molar-refractivity contribution in [3.05, 3.63) is 0 Å². The van der Waals surface area contributed by atoms with Crippen molar-refractivity contribution < 1.29 is 9.47 Å². The molecule has 76 valence electrons. The Kier molecular flexibility index (Phi) is 2.34. The molecule has 0 radical (unpaired) electrons. The van der Waals surface area contributed by atoms with Crippen LogP contribution in [0.4, 0.5) is 0 Å². The molecule has 0 bridgehead atoms. The van der Waals surface area contributed by atoms with E-state index in [0.717, 1.165) is 12.3 Å². The van der Waals surface area contributed by atoms with Crippen LogP contribution in [0.1, 0.15) is 26.7 Å². The maximum atomic E-state index is 5.89. The summed E-state index contributed by atoms with van der Waals surface area (Å²) in [5.41, 5.74) is 5.56. The van der Waals surface area contributed by atoms with E-state index in [1.54, 1.807) is 0 Å². The SMILES string of the molecule is CCC1(C2CC2C)OCC(CN)O1. The van der Waals surface area contributed by atoms with Crippen LogP contribution in [0.15, 0.2) is 0 Å². The molecule has 1 saturated heterocycles. The minimum Gasteiger partial charge on any atom is -0.347 e. The van der Waals surface area contributed by atoms with E-state index >= 15 is 0 Å². The summed E-state index contributed by atoms with van der Waals surface area (Å²) in [5, 5.41) is 0. The molecule has 0 aromatic carbocycles. The molecule has 0 aromatic heterocycles. The van der Waals surface area contributed by atoms with Gasteiger partial charge in [0, 0.05) is 12.5 Å². The Balaban J connectivity index is 2.01. The zero-order chi connectivity index (χ0) is 9.47. The first-order valence-corrected chi connectivity index (χ1v) is 5.23. The maximum Gasteiger partial charge on any atom is 0.171 e. The van der Waals surface area contributed by atoms with E-state index in [9.17, 15) is 0 Å². The van der Waals surface area contributed by atoms with Crippen molar-refractivity contribution in [1.82, 2.24) is 0 Å². The highest BCUT2D eigenvalue weighted by Crippen LogP contribution is 2.51. The summed E-state index contributed by atoms with van der Waals surface area (Å²) in [7, 11) is 0. The summed E-state index contributed by atoms with van der Waals surface area (Å²) >= 11 is 0. The van der Waals surface area contributed by atoms with Gasteiger partial charge in [-0.25, -0.2) is 0 Å². The highest BCUT2D eigenvalue weighted by atomic mass is 16.7. The van der Waals surface area contributed by atoms with E-state index in [1.807, 2.05) is 0 Å². The lowest BCUT2D eigenvalue weighted by Gasteiger charge is -2.27. The molecule has 2 N–H and O–H groups in total. The highest BCUT2D eigenvalue weighted by molar-refractivity contribution is 4.97. The van der Waals surface area contributed by atoms with Crippen LogP contribution in [0.2, 0.25) is 0 Å². The van der Waals surface area contributed by atoms with Crippen LogP contribution in [0.5, 0.6) is 0 Å². The van der Waals surface area contributed by atoms with Crippen LogP contribution in [0, 0.1) is 11.8 Å². The van der Waals surface area contributed by atoms with E-state index in [4.69, 9.17) is 15.2 Å². The standard InChI is InChI=1S/C10H19NO2/c1-3-10(9-4-7(9)2)12-6-8(5-11)13-10/h7-9H,3-6,11H2,1-2H3. The third-order valence-electron chi connectivity index (χ3n) is 3.31. The average molecular weight is 185 g/mol. The monoisotopic (exact) mass is 185 g/mol. The Morgan fingerprint density at radius 1 is 1.54 bits per heavy atom. The Bertz CT molecular complexity index is 197. The second-order valence-electron chi connectivity index (χ2n) is 4.27. The number of nitrogens with two attached hydrogens (primary N) is 1. The van der Waals surface area contributed by atoms with Gasteiger partial charge < -0.3 is 15.2 Å². The summed E-state index contributed by atoms with van der Waals surface area (Å²) in [6, 6.07) is 0. The van der Waals surface area contributed by atoms with Crippen molar-refractivity contribution in [3.8, 4) is 0 Å². The lowest BCUT2D eigenvalue weighted by atomic mass is 10.1. The molecule has 0 aromatic rings. The molecule has 1 aliphatic heterocycles. The molecule has 1 saturated carbocycles. The van der Waals surface area contributed by atoms with Gasteiger partial charge in [-0.2, -0.15) is 0 Å². The summed E-state index contributed by atoms with van der Waals surface area (Å²) in [6.07, 6.45) is 2.30. The Morgan fingerprint density at radius 2 is 2.23 bits per heavy atom. The first-order chi connectivity index (χ1) is 6.22. The van der Waals surface area contributed by atoms with E-state index in [2.05, 4.69) is 13.8 Å². The number of rotatable bonds is 3. The molecule has 1 heterocycles. The molecule has 1 aliphatic carbocycles. The fourth-order valence-electron chi connectivity index (χ4n) is 2.28. The van der Waals surface area contributed by atoms with E-state index < -0.39 is 0 Å². The van der Waals surface area contributed by atoms with E-state index in [1.165, 1.54) is 6.42 Å². The molecule has 0 spiro atoms. The van der Waals surface area contributed by atoms with Gasteiger partial charge in [-0.3, -0.25) is 0 Å². The molecule has 4 unspecified atom stereocenters. The van der Waals surface area contributed by atoms with Gasteiger partial charge in [-0.1, -0.05) is 13.8 Å². The van der Waals surface area contributed by atoms with E-state index in [0.29, 0.717) is 19.1 Å². The van der Waals surface area contributed by atoms with Gasteiger partial charge in [0.1, 0.15) is 0 Å². The summed E-state index contributed by atoms with van der Waals surface area (Å²) in [6.45, 7) is 5.63. The average Bonchev–Trinajstić information content (AvgIpc) is 2.75. The second-order valence-corrected chi connectivity index (χ2v) is 4.27. The molecule has 0 amide bonds. The van der Waals surface area contributed by atoms with Gasteiger partial charge in [0.05, 0.1) is 12.7 Å². The maximum absolute atomic E-state index is 5.89. The van der Waals surface area contributed by atoms with Crippen LogP contribution >= 0.6 is 0 Å². The zero-order valence-corrected chi connectivity index (χ0v) is 8.45. The van der Waals surface area contributed by atoms with Crippen LogP contribution < -0.4 is 5.73 Å². The molecule has 2 rings (SSSR count). The van der Waals surface area contributed by atoms with Crippen molar-refractivity contribution in [2.45, 2.75) is 38.6 Å². The van der Waals surface area contributed by atoms with Crippen LogP contribution in [-0.2, 0) is 9.47 Å². The smallest absolute Gasteiger partial charge is 0.171 e. The number of ether oxygens (including phenoxy) is 2. The summed E-state index contributed by atoms with van der Waals surface area (Å²) in [5.74, 6) is 1.08. The molecular weight excluding hydrogens is 166 g/mol. The molecule has 4 atom stereocenters. The van der Waals surface area contributed by atoms with Gasteiger partial charge in [0.15, 0.2) is 5.79 Å². The minimum absolute atomic E-state index is 0.118. The topological polar surface area (TPSA) is 44.5 Å². The van der Waals surface area contributed by atoms with Crippen molar-refractivity contribution in [3.63, 3.8) is 0 Å². The predicted octanol–water partition coefficient (Wildman–Crippen LogP) is 1.12. The van der Waals surface area contributed by atoms with Gasteiger partial charge in [-0.15, -0.1) is 0 Å². The van der Waals surface area contributed by atoms with Crippen molar-refractivity contribution >= 4 is 0 Å². The quantitative estimate of drug-likeness (QED) is 0.716. The molecule has 3 nitrogen and oxygen atoms in total. The number of hydrogen-bond acceptors (Lipinski definition) is 3. The summed E-state index contributed by atoms with van der Waals surface area (Å²) < 4.78 is 11.7. The zero-order valence-electron chi connectivity index (χ0n) is 8.45. The molecule has 2 aliphatic rings. The summed E-state index contributed by atoms with van der Waals surface area (Å²) in [4.78, 5) is 0. The fraction of sp³-hybridized carbons (Fsp3) is 1.00. The highest BCUT2D eigenvalue weighted by Gasteiger charge is 2.55. The third kappa shape index (κ3) is 1.49. The largest absolute Gasteiger partial charge is 0.347 e. The lowest BCUT2D eigenvalue weighted by Crippen LogP contribution is -2.34. The molecule has 2 fully saturated rings.